The van der Waals surface area contributed by atoms with Crippen LogP contribution in [0.3, 0.4) is 0 Å². The molecule has 0 saturated carbocycles. The van der Waals surface area contributed by atoms with E-state index in [4.69, 9.17) is 9.72 Å². The first kappa shape index (κ1) is 22.4. The number of ether oxygens (including phenoxy) is 1. The number of rotatable bonds is 7. The van der Waals surface area contributed by atoms with Gasteiger partial charge in [-0.1, -0.05) is 18.2 Å². The summed E-state index contributed by atoms with van der Waals surface area (Å²) < 4.78 is 5.30. The van der Waals surface area contributed by atoms with Crippen LogP contribution < -0.4 is 9.64 Å². The molecule has 5 rings (SSSR count). The molecule has 2 heterocycles. The normalized spacial score (nSPS) is 12.6. The molecule has 0 saturated heterocycles. The first-order valence-corrected chi connectivity index (χ1v) is 12.5. The van der Waals surface area contributed by atoms with Crippen molar-refractivity contribution in [2.24, 2.45) is 0 Å². The Labute approximate surface area is 204 Å². The van der Waals surface area contributed by atoms with Gasteiger partial charge in [0.05, 0.1) is 24.0 Å². The van der Waals surface area contributed by atoms with Crippen LogP contribution in [-0.4, -0.2) is 37.0 Å². The van der Waals surface area contributed by atoms with Crippen molar-refractivity contribution in [3.05, 3.63) is 87.1 Å². The molecule has 34 heavy (non-hydrogen) atoms. The second-order valence-electron chi connectivity index (χ2n) is 9.02. The van der Waals surface area contributed by atoms with E-state index in [0.29, 0.717) is 13.1 Å². The highest BCUT2D eigenvalue weighted by molar-refractivity contribution is 7.12. The van der Waals surface area contributed by atoms with Gasteiger partial charge in [0.15, 0.2) is 0 Å². The highest BCUT2D eigenvalue weighted by Gasteiger charge is 2.21. The van der Waals surface area contributed by atoms with Gasteiger partial charge in [-0.15, -0.1) is 11.3 Å². The zero-order chi connectivity index (χ0) is 23.7. The van der Waals surface area contributed by atoms with Crippen LogP contribution in [0.15, 0.2) is 60.0 Å². The molecule has 0 aliphatic heterocycles. The van der Waals surface area contributed by atoms with Gasteiger partial charge in [-0.2, -0.15) is 0 Å². The number of methoxy groups -OCH3 is 1. The van der Waals surface area contributed by atoms with Crippen molar-refractivity contribution in [3.63, 3.8) is 0 Å². The molecule has 2 aromatic heterocycles. The summed E-state index contributed by atoms with van der Waals surface area (Å²) in [4.78, 5) is 23.2. The third kappa shape index (κ3) is 4.50. The maximum atomic E-state index is 13.5. The number of pyridine rings is 1. The second kappa shape index (κ2) is 9.47. The van der Waals surface area contributed by atoms with Crippen molar-refractivity contribution >= 4 is 34.0 Å². The van der Waals surface area contributed by atoms with Crippen LogP contribution in [0.5, 0.6) is 5.75 Å². The lowest BCUT2D eigenvalue weighted by Gasteiger charge is -2.25. The average Bonchev–Trinajstić information content (AvgIpc) is 3.54. The van der Waals surface area contributed by atoms with Crippen LogP contribution in [0.2, 0.25) is 0 Å². The number of hydrogen-bond acceptors (Lipinski definition) is 5. The van der Waals surface area contributed by atoms with Crippen molar-refractivity contribution in [2.75, 3.05) is 26.1 Å². The van der Waals surface area contributed by atoms with E-state index in [1.165, 1.54) is 28.9 Å². The van der Waals surface area contributed by atoms with Crippen LogP contribution in [0, 0.1) is 0 Å². The van der Waals surface area contributed by atoms with Crippen LogP contribution in [-0.2, 0) is 25.9 Å². The van der Waals surface area contributed by atoms with E-state index in [9.17, 15) is 4.79 Å². The standard InChI is InChI=1S/C28H29N3O2S/c1-30(2)27-23(15-22-14-20-6-4-7-21(20)16-25(22)29-27)18-31(28(32)26-8-5-13-34-26)17-19-9-11-24(33-3)12-10-19/h5,8-16H,4,6-7,17-18H2,1-3H3. The molecule has 5 nitrogen and oxygen atoms in total. The number of fused-ring (bicyclic) bond motifs is 2. The molecule has 1 amide bonds. The Morgan fingerprint density at radius 3 is 2.47 bits per heavy atom. The summed E-state index contributed by atoms with van der Waals surface area (Å²) in [5, 5.41) is 3.09. The van der Waals surface area contributed by atoms with Crippen LogP contribution in [0.1, 0.15) is 38.3 Å². The summed E-state index contributed by atoms with van der Waals surface area (Å²) >= 11 is 1.48. The maximum absolute atomic E-state index is 13.5. The number of aromatic nitrogens is 1. The van der Waals surface area contributed by atoms with E-state index in [-0.39, 0.29) is 5.91 Å². The summed E-state index contributed by atoms with van der Waals surface area (Å²) in [6.45, 7) is 0.992. The summed E-state index contributed by atoms with van der Waals surface area (Å²) in [5.74, 6) is 1.75. The quantitative estimate of drug-likeness (QED) is 0.347. The zero-order valence-corrected chi connectivity index (χ0v) is 20.7. The third-order valence-corrected chi connectivity index (χ3v) is 7.28. The summed E-state index contributed by atoms with van der Waals surface area (Å²) in [7, 11) is 5.69. The Bertz CT molecular complexity index is 1310. The molecule has 174 valence electrons. The molecule has 6 heteroatoms. The minimum Gasteiger partial charge on any atom is -0.497 e. The summed E-state index contributed by atoms with van der Waals surface area (Å²) in [6, 6.07) is 18.5. The topological polar surface area (TPSA) is 45.7 Å². The summed E-state index contributed by atoms with van der Waals surface area (Å²) in [6.07, 6.45) is 3.48. The van der Waals surface area contributed by atoms with Crippen LogP contribution in [0.4, 0.5) is 5.82 Å². The number of carbonyl (C=O) groups excluding carboxylic acids is 1. The number of nitrogens with zero attached hydrogens (tertiary/aromatic N) is 3. The molecule has 4 aromatic rings. The fourth-order valence-corrected chi connectivity index (χ4v) is 5.39. The number of carbonyl (C=O) groups is 1. The number of hydrogen-bond donors (Lipinski definition) is 0. The van der Waals surface area contributed by atoms with Gasteiger partial charge in [-0.25, -0.2) is 4.98 Å². The van der Waals surface area contributed by atoms with E-state index in [1.54, 1.807) is 7.11 Å². The summed E-state index contributed by atoms with van der Waals surface area (Å²) in [5.41, 5.74) is 5.99. The van der Waals surface area contributed by atoms with Crippen LogP contribution >= 0.6 is 11.3 Å². The Kier molecular flexibility index (Phi) is 6.24. The second-order valence-corrected chi connectivity index (χ2v) is 9.97. The van der Waals surface area contributed by atoms with Crippen molar-refractivity contribution in [1.29, 1.82) is 0 Å². The lowest BCUT2D eigenvalue weighted by atomic mass is 10.0. The maximum Gasteiger partial charge on any atom is 0.264 e. The molecule has 1 aliphatic rings. The Hall–Kier alpha value is -3.38. The lowest BCUT2D eigenvalue weighted by Crippen LogP contribution is -2.30. The van der Waals surface area contributed by atoms with Crippen molar-refractivity contribution in [1.82, 2.24) is 9.88 Å². The molecular weight excluding hydrogens is 442 g/mol. The van der Waals surface area contributed by atoms with Crippen LogP contribution in [0.25, 0.3) is 10.9 Å². The molecule has 0 radical (unpaired) electrons. The molecule has 0 bridgehead atoms. The van der Waals surface area contributed by atoms with Gasteiger partial charge in [0.1, 0.15) is 11.6 Å². The Balaban J connectivity index is 1.53. The Morgan fingerprint density at radius 2 is 1.79 bits per heavy atom. The number of aryl methyl sites for hydroxylation is 2. The monoisotopic (exact) mass is 471 g/mol. The smallest absolute Gasteiger partial charge is 0.264 e. The average molecular weight is 472 g/mol. The first-order chi connectivity index (χ1) is 16.5. The Morgan fingerprint density at radius 1 is 1.03 bits per heavy atom. The number of amides is 1. The molecular formula is C28H29N3O2S. The highest BCUT2D eigenvalue weighted by Crippen LogP contribution is 2.31. The number of thiophene rings is 1. The van der Waals surface area contributed by atoms with Crippen molar-refractivity contribution < 1.29 is 9.53 Å². The first-order valence-electron chi connectivity index (χ1n) is 11.6. The predicted molar refractivity (Wildman–Crippen MR) is 139 cm³/mol. The zero-order valence-electron chi connectivity index (χ0n) is 19.9. The number of anilines is 1. The van der Waals surface area contributed by atoms with Gasteiger partial charge in [-0.3, -0.25) is 4.79 Å². The fraction of sp³-hybridized carbons (Fsp3) is 0.286. The predicted octanol–water partition coefficient (Wildman–Crippen LogP) is 5.70. The van der Waals surface area contributed by atoms with E-state index < -0.39 is 0 Å². The van der Waals surface area contributed by atoms with E-state index in [2.05, 4.69) is 18.2 Å². The molecule has 0 fully saturated rings. The van der Waals surface area contributed by atoms with Gasteiger partial charge >= 0.3 is 0 Å². The van der Waals surface area contributed by atoms with Gasteiger partial charge < -0.3 is 14.5 Å². The number of benzene rings is 2. The molecule has 0 unspecified atom stereocenters. The highest BCUT2D eigenvalue weighted by atomic mass is 32.1. The van der Waals surface area contributed by atoms with Gasteiger partial charge in [0.2, 0.25) is 0 Å². The lowest BCUT2D eigenvalue weighted by molar-refractivity contribution is 0.0735. The molecule has 0 N–H and O–H groups in total. The van der Waals surface area contributed by atoms with E-state index in [1.807, 2.05) is 65.7 Å². The van der Waals surface area contributed by atoms with Crippen molar-refractivity contribution in [3.8, 4) is 5.75 Å². The van der Waals surface area contributed by atoms with Gasteiger partial charge in [0.25, 0.3) is 5.91 Å². The molecule has 2 aromatic carbocycles. The molecule has 0 atom stereocenters. The minimum atomic E-state index is 0.0320. The fourth-order valence-electron chi connectivity index (χ4n) is 4.70. The third-order valence-electron chi connectivity index (χ3n) is 6.42. The van der Waals surface area contributed by atoms with Gasteiger partial charge in [-0.05, 0) is 77.7 Å². The van der Waals surface area contributed by atoms with Crippen molar-refractivity contribution in [2.45, 2.75) is 32.4 Å². The van der Waals surface area contributed by atoms with Gasteiger partial charge in [0, 0.05) is 31.6 Å². The SMILES string of the molecule is COc1ccc(CN(Cc2cc3cc4c(cc3nc2N(C)C)CCC4)C(=O)c2cccs2)cc1. The largest absolute Gasteiger partial charge is 0.497 e. The van der Waals surface area contributed by atoms with E-state index >= 15 is 0 Å². The van der Waals surface area contributed by atoms with E-state index in [0.717, 1.165) is 51.3 Å². The molecule has 1 aliphatic carbocycles. The molecule has 0 spiro atoms. The minimum absolute atomic E-state index is 0.0320.